The fourth-order valence-electron chi connectivity index (χ4n) is 2.63. The zero-order valence-corrected chi connectivity index (χ0v) is 13.5. The third kappa shape index (κ3) is 4.39. The molecule has 3 rings (SSSR count). The highest BCUT2D eigenvalue weighted by Gasteiger charge is 2.20. The molecule has 1 aliphatic heterocycles. The second kappa shape index (κ2) is 7.38. The van der Waals surface area contributed by atoms with Gasteiger partial charge in [0.05, 0.1) is 6.04 Å². The number of halogens is 1. The summed E-state index contributed by atoms with van der Waals surface area (Å²) in [6, 6.07) is 15.4. The van der Waals surface area contributed by atoms with E-state index in [1.807, 2.05) is 48.5 Å². The van der Waals surface area contributed by atoms with Crippen LogP contribution in [0.25, 0.3) is 0 Å². The van der Waals surface area contributed by atoms with Crippen LogP contribution < -0.4 is 15.4 Å². The molecule has 2 N–H and O–H groups in total. The maximum atomic E-state index is 12.0. The molecule has 0 saturated heterocycles. The normalized spacial score (nSPS) is 16.1. The highest BCUT2D eigenvalue weighted by atomic mass is 35.5. The van der Waals surface area contributed by atoms with Gasteiger partial charge in [0.25, 0.3) is 0 Å². The molecule has 1 aliphatic rings. The number of urea groups is 1. The van der Waals surface area contributed by atoms with E-state index in [-0.39, 0.29) is 12.1 Å². The summed E-state index contributed by atoms with van der Waals surface area (Å²) in [6.45, 7) is 1.08. The van der Waals surface area contributed by atoms with Gasteiger partial charge < -0.3 is 15.4 Å². The van der Waals surface area contributed by atoms with Gasteiger partial charge in [-0.25, -0.2) is 4.79 Å². The van der Waals surface area contributed by atoms with Gasteiger partial charge in [-0.3, -0.25) is 0 Å². The number of ether oxygens (including phenoxy) is 1. The fourth-order valence-corrected chi connectivity index (χ4v) is 2.75. The molecule has 2 amide bonds. The lowest BCUT2D eigenvalue weighted by Crippen LogP contribution is -2.47. The largest absolute Gasteiger partial charge is 0.491 e. The van der Waals surface area contributed by atoms with Gasteiger partial charge in [0.2, 0.25) is 0 Å². The molecular formula is C18H19ClN2O2. The van der Waals surface area contributed by atoms with Gasteiger partial charge in [-0.1, -0.05) is 41.9 Å². The summed E-state index contributed by atoms with van der Waals surface area (Å²) >= 11 is 5.85. The fraction of sp³-hybridized carbons (Fsp3) is 0.278. The van der Waals surface area contributed by atoms with E-state index < -0.39 is 0 Å². The number of carbonyl (C=O) groups is 1. The van der Waals surface area contributed by atoms with E-state index in [4.69, 9.17) is 16.3 Å². The van der Waals surface area contributed by atoms with Crippen molar-refractivity contribution in [2.24, 2.45) is 0 Å². The highest BCUT2D eigenvalue weighted by molar-refractivity contribution is 6.30. The van der Waals surface area contributed by atoms with Crippen LogP contribution in [0.1, 0.15) is 11.1 Å². The Hall–Kier alpha value is -2.20. The van der Waals surface area contributed by atoms with Gasteiger partial charge in [-0.2, -0.15) is 0 Å². The molecule has 0 radical (unpaired) electrons. The van der Waals surface area contributed by atoms with Crippen LogP contribution in [0.3, 0.4) is 0 Å². The van der Waals surface area contributed by atoms with Gasteiger partial charge in [-0.15, -0.1) is 0 Å². The van der Waals surface area contributed by atoms with Crippen LogP contribution in [0.2, 0.25) is 5.02 Å². The van der Waals surface area contributed by atoms with Gasteiger partial charge in [0.15, 0.2) is 0 Å². The summed E-state index contributed by atoms with van der Waals surface area (Å²) in [4.78, 5) is 12.0. The minimum atomic E-state index is -0.160. The van der Waals surface area contributed by atoms with E-state index in [1.54, 1.807) is 0 Å². The van der Waals surface area contributed by atoms with Crippen LogP contribution in [-0.2, 0) is 12.8 Å². The lowest BCUT2D eigenvalue weighted by molar-refractivity contribution is 0.214. The lowest BCUT2D eigenvalue weighted by atomic mass is 10.0. The molecule has 1 atom stereocenters. The van der Waals surface area contributed by atoms with E-state index in [1.165, 1.54) is 0 Å². The molecule has 0 aliphatic carbocycles. The van der Waals surface area contributed by atoms with Gasteiger partial charge >= 0.3 is 6.03 Å². The van der Waals surface area contributed by atoms with Crippen LogP contribution in [-0.4, -0.2) is 25.2 Å². The molecule has 2 aromatic rings. The van der Waals surface area contributed by atoms with Crippen LogP contribution in [0, 0.1) is 0 Å². The summed E-state index contributed by atoms with van der Waals surface area (Å²) in [6.07, 6.45) is 1.56. The molecule has 4 nitrogen and oxygen atoms in total. The van der Waals surface area contributed by atoms with Gasteiger partial charge in [0.1, 0.15) is 12.4 Å². The zero-order valence-electron chi connectivity index (χ0n) is 12.7. The van der Waals surface area contributed by atoms with E-state index in [0.717, 1.165) is 34.7 Å². The Morgan fingerprint density at radius 3 is 2.78 bits per heavy atom. The number of benzene rings is 2. The molecule has 23 heavy (non-hydrogen) atoms. The highest BCUT2D eigenvalue weighted by Crippen LogP contribution is 2.23. The summed E-state index contributed by atoms with van der Waals surface area (Å²) in [5.74, 6) is 0.911. The Bertz CT molecular complexity index is 673. The van der Waals surface area contributed by atoms with Crippen molar-refractivity contribution in [1.82, 2.24) is 10.6 Å². The average Bonchev–Trinajstić information content (AvgIpc) is 2.56. The number of fused-ring (bicyclic) bond motifs is 1. The summed E-state index contributed by atoms with van der Waals surface area (Å²) < 4.78 is 5.67. The van der Waals surface area contributed by atoms with Crippen molar-refractivity contribution >= 4 is 17.6 Å². The van der Waals surface area contributed by atoms with Crippen LogP contribution in [0.15, 0.2) is 48.5 Å². The van der Waals surface area contributed by atoms with E-state index in [9.17, 15) is 4.79 Å². The molecule has 1 heterocycles. The second-order valence-corrected chi connectivity index (χ2v) is 6.03. The maximum Gasteiger partial charge on any atom is 0.315 e. The van der Waals surface area contributed by atoms with E-state index in [2.05, 4.69) is 10.6 Å². The SMILES string of the molecule is O=C(NCCc1ccc(Cl)cc1)NC1COc2ccccc2C1. The van der Waals surface area contributed by atoms with Crippen LogP contribution in [0.4, 0.5) is 4.79 Å². The molecule has 0 spiro atoms. The van der Waals surface area contributed by atoms with Gasteiger partial charge in [-0.05, 0) is 42.2 Å². The van der Waals surface area contributed by atoms with Crippen molar-refractivity contribution in [2.45, 2.75) is 18.9 Å². The smallest absolute Gasteiger partial charge is 0.315 e. The molecule has 5 heteroatoms. The lowest BCUT2D eigenvalue weighted by Gasteiger charge is -2.26. The molecule has 120 valence electrons. The first-order valence-electron chi connectivity index (χ1n) is 7.70. The number of hydrogen-bond acceptors (Lipinski definition) is 2. The Labute approximate surface area is 140 Å². The Balaban J connectivity index is 1.42. The Kier molecular flexibility index (Phi) is 5.03. The summed E-state index contributed by atoms with van der Waals surface area (Å²) in [5.41, 5.74) is 2.27. The molecular weight excluding hydrogens is 312 g/mol. The number of rotatable bonds is 4. The van der Waals surface area contributed by atoms with Crippen molar-refractivity contribution in [3.63, 3.8) is 0 Å². The Morgan fingerprint density at radius 1 is 1.17 bits per heavy atom. The molecule has 1 unspecified atom stereocenters. The topological polar surface area (TPSA) is 50.4 Å². The van der Waals surface area contributed by atoms with E-state index >= 15 is 0 Å². The van der Waals surface area contributed by atoms with Crippen molar-refractivity contribution in [2.75, 3.05) is 13.2 Å². The predicted octanol–water partition coefficient (Wildman–Crippen LogP) is 3.19. The minimum absolute atomic E-state index is 0.000400. The number of para-hydroxylation sites is 1. The number of hydrogen-bond donors (Lipinski definition) is 2. The molecule has 0 aromatic heterocycles. The van der Waals surface area contributed by atoms with Crippen molar-refractivity contribution in [3.05, 3.63) is 64.7 Å². The first kappa shape index (κ1) is 15.7. The van der Waals surface area contributed by atoms with Crippen molar-refractivity contribution < 1.29 is 9.53 Å². The quantitative estimate of drug-likeness (QED) is 0.904. The molecule has 2 aromatic carbocycles. The average molecular weight is 331 g/mol. The third-order valence-electron chi connectivity index (χ3n) is 3.83. The predicted molar refractivity (Wildman–Crippen MR) is 91.1 cm³/mol. The zero-order chi connectivity index (χ0) is 16.1. The van der Waals surface area contributed by atoms with Crippen LogP contribution in [0.5, 0.6) is 5.75 Å². The van der Waals surface area contributed by atoms with E-state index in [0.29, 0.717) is 13.2 Å². The Morgan fingerprint density at radius 2 is 1.96 bits per heavy atom. The summed E-state index contributed by atoms with van der Waals surface area (Å²) in [7, 11) is 0. The molecule has 0 fully saturated rings. The van der Waals surface area contributed by atoms with Gasteiger partial charge in [0, 0.05) is 11.6 Å². The first-order valence-corrected chi connectivity index (χ1v) is 8.08. The summed E-state index contributed by atoms with van der Waals surface area (Å²) in [5, 5.41) is 6.56. The minimum Gasteiger partial charge on any atom is -0.491 e. The van der Waals surface area contributed by atoms with Crippen molar-refractivity contribution in [1.29, 1.82) is 0 Å². The second-order valence-electron chi connectivity index (χ2n) is 5.60. The van der Waals surface area contributed by atoms with Crippen molar-refractivity contribution in [3.8, 4) is 5.75 Å². The monoisotopic (exact) mass is 330 g/mol. The third-order valence-corrected chi connectivity index (χ3v) is 4.08. The standard InChI is InChI=1S/C18H19ClN2O2/c19-15-7-5-13(6-8-15)9-10-20-18(22)21-16-11-14-3-1-2-4-17(14)23-12-16/h1-8,16H,9-12H2,(H2,20,21,22). The number of amides is 2. The molecule has 0 saturated carbocycles. The number of carbonyl (C=O) groups excluding carboxylic acids is 1. The number of nitrogens with one attached hydrogen (secondary N) is 2. The first-order chi connectivity index (χ1) is 11.2. The molecule has 0 bridgehead atoms. The van der Waals surface area contributed by atoms with Crippen LogP contribution >= 0.6 is 11.6 Å². The maximum absolute atomic E-state index is 12.0.